The van der Waals surface area contributed by atoms with Gasteiger partial charge in [0.25, 0.3) is 0 Å². The number of nitrogens with zero attached hydrogens (tertiary/aromatic N) is 1. The van der Waals surface area contributed by atoms with Gasteiger partial charge in [-0.05, 0) is 77.6 Å². The van der Waals surface area contributed by atoms with Crippen LogP contribution >= 0.6 is 13.5 Å². The lowest BCUT2D eigenvalue weighted by Crippen LogP contribution is -2.49. The van der Waals surface area contributed by atoms with E-state index < -0.39 is 0 Å². The summed E-state index contributed by atoms with van der Waals surface area (Å²) in [5.74, 6) is 1.54. The quantitative estimate of drug-likeness (QED) is 0.0972. The number of likely N-dealkylation sites (N-methyl/N-ethyl adjacent to an activating group) is 1. The fraction of sp³-hybridized carbons (Fsp3) is 0.595. The van der Waals surface area contributed by atoms with Crippen LogP contribution in [0.4, 0.5) is 0 Å². The topological polar surface area (TPSA) is 97.0 Å². The first-order chi connectivity index (χ1) is 24.2. The molecule has 284 valence electrons. The lowest BCUT2D eigenvalue weighted by molar-refractivity contribution is -0.131. The fourth-order valence-electron chi connectivity index (χ4n) is 6.89. The van der Waals surface area contributed by atoms with E-state index in [0.29, 0.717) is 64.2 Å². The Bertz CT molecular complexity index is 1430. The van der Waals surface area contributed by atoms with E-state index in [9.17, 15) is 14.4 Å². The normalized spacial score (nSPS) is 17.5. The molecule has 0 aromatic heterocycles. The summed E-state index contributed by atoms with van der Waals surface area (Å²) in [5.41, 5.74) is 1.47. The number of rotatable bonds is 19. The van der Waals surface area contributed by atoms with Gasteiger partial charge in [-0.2, -0.15) is 13.5 Å². The number of fused-ring (bicyclic) bond motifs is 2. The molecule has 1 fully saturated rings. The van der Waals surface area contributed by atoms with E-state index >= 15 is 0 Å². The molecular weight excluding hydrogens is 659 g/mol. The fourth-order valence-corrected chi connectivity index (χ4v) is 6.89. The van der Waals surface area contributed by atoms with Gasteiger partial charge in [0.2, 0.25) is 17.7 Å². The Kier molecular flexibility index (Phi) is 20.9. The molecule has 1 aliphatic heterocycles. The Morgan fingerprint density at radius 3 is 2.16 bits per heavy atom. The van der Waals surface area contributed by atoms with Crippen molar-refractivity contribution in [2.24, 2.45) is 17.8 Å². The number of carbonyl (C=O) groups excluding carboxylic acids is 3. The molecule has 8 nitrogen and oxygen atoms in total. The molecule has 2 N–H and O–H groups in total. The van der Waals surface area contributed by atoms with E-state index in [1.54, 1.807) is 4.90 Å². The molecule has 0 radical (unpaired) electrons. The number of nitrogens with one attached hydrogen (secondary N) is 2. The van der Waals surface area contributed by atoms with Gasteiger partial charge in [0, 0.05) is 44.9 Å². The smallest absolute Gasteiger partial charge is 0.223 e. The van der Waals surface area contributed by atoms with E-state index in [1.807, 2.05) is 14.0 Å². The largest absolute Gasteiger partial charge is 0.377 e. The van der Waals surface area contributed by atoms with Gasteiger partial charge in [-0.1, -0.05) is 95.5 Å². The zero-order valence-corrected chi connectivity index (χ0v) is 33.1. The van der Waals surface area contributed by atoms with Crippen molar-refractivity contribution in [1.29, 1.82) is 0 Å². The Morgan fingerprint density at radius 2 is 1.53 bits per heavy atom. The summed E-state index contributed by atoms with van der Waals surface area (Å²) >= 11 is 0. The molecule has 9 heteroatoms. The highest BCUT2D eigenvalue weighted by molar-refractivity contribution is 7.59. The first-order valence-corrected chi connectivity index (χ1v) is 19.0. The summed E-state index contributed by atoms with van der Waals surface area (Å²) < 4.78 is 11.0. The number of piperidine rings is 1. The number of aryl methyl sites for hydroxylation is 1. The number of carbonyl (C=O) groups is 3. The average molecular weight is 724 g/mol. The molecule has 3 aromatic carbocycles. The van der Waals surface area contributed by atoms with Crippen molar-refractivity contribution in [1.82, 2.24) is 15.5 Å². The highest BCUT2D eigenvalue weighted by Gasteiger charge is 2.33. The molecule has 0 bridgehead atoms. The van der Waals surface area contributed by atoms with Crippen LogP contribution in [0.1, 0.15) is 91.5 Å². The second-order valence-corrected chi connectivity index (χ2v) is 14.0. The van der Waals surface area contributed by atoms with Gasteiger partial charge in [0.15, 0.2) is 0 Å². The van der Waals surface area contributed by atoms with Crippen molar-refractivity contribution in [2.75, 3.05) is 46.6 Å². The molecule has 1 saturated heterocycles. The van der Waals surface area contributed by atoms with E-state index in [1.165, 1.54) is 27.1 Å². The van der Waals surface area contributed by atoms with Crippen LogP contribution in [-0.4, -0.2) is 75.2 Å². The molecule has 4 unspecified atom stereocenters. The summed E-state index contributed by atoms with van der Waals surface area (Å²) in [6.45, 7) is 13.7. The van der Waals surface area contributed by atoms with Crippen LogP contribution in [0.15, 0.2) is 54.6 Å². The van der Waals surface area contributed by atoms with E-state index in [0.717, 1.165) is 44.9 Å². The van der Waals surface area contributed by atoms with Crippen molar-refractivity contribution < 1.29 is 23.9 Å². The predicted molar refractivity (Wildman–Crippen MR) is 216 cm³/mol. The number of hydrogen-bond donors (Lipinski definition) is 2. The van der Waals surface area contributed by atoms with Crippen molar-refractivity contribution in [3.63, 3.8) is 0 Å². The first kappa shape index (κ1) is 44.0. The van der Waals surface area contributed by atoms with Crippen LogP contribution in [0.3, 0.4) is 0 Å². The second-order valence-electron chi connectivity index (χ2n) is 14.0. The monoisotopic (exact) mass is 723 g/mol. The molecule has 3 aromatic rings. The third-order valence-electron chi connectivity index (χ3n) is 10.0. The highest BCUT2D eigenvalue weighted by atomic mass is 32.1. The van der Waals surface area contributed by atoms with Gasteiger partial charge < -0.3 is 25.0 Å². The molecule has 4 atom stereocenters. The summed E-state index contributed by atoms with van der Waals surface area (Å²) in [6.07, 6.45) is 8.10. The summed E-state index contributed by atoms with van der Waals surface area (Å²) in [6, 6.07) is 19.8. The molecule has 4 rings (SSSR count). The molecule has 0 spiro atoms. The maximum absolute atomic E-state index is 12.3. The van der Waals surface area contributed by atoms with E-state index in [-0.39, 0.29) is 43.2 Å². The average Bonchev–Trinajstić information content (AvgIpc) is 3.12. The minimum absolute atomic E-state index is 0. The maximum Gasteiger partial charge on any atom is 0.223 e. The van der Waals surface area contributed by atoms with Crippen LogP contribution in [0.25, 0.3) is 21.5 Å². The van der Waals surface area contributed by atoms with Gasteiger partial charge >= 0.3 is 0 Å². The lowest BCUT2D eigenvalue weighted by Gasteiger charge is -2.37. The third-order valence-corrected chi connectivity index (χ3v) is 10.0. The Morgan fingerprint density at radius 1 is 0.902 bits per heavy atom. The molecule has 51 heavy (non-hydrogen) atoms. The van der Waals surface area contributed by atoms with E-state index in [2.05, 4.69) is 92.9 Å². The van der Waals surface area contributed by atoms with E-state index in [4.69, 9.17) is 9.47 Å². The number of benzene rings is 3. The van der Waals surface area contributed by atoms with Crippen LogP contribution in [0.2, 0.25) is 0 Å². The van der Waals surface area contributed by atoms with Crippen LogP contribution in [0.5, 0.6) is 0 Å². The summed E-state index contributed by atoms with van der Waals surface area (Å²) in [5, 5.41) is 11.4. The number of unbranched alkanes of at least 4 members (excludes halogenated alkanes) is 2. The van der Waals surface area contributed by atoms with Gasteiger partial charge in [-0.15, -0.1) is 0 Å². The van der Waals surface area contributed by atoms with Gasteiger partial charge in [0.05, 0.1) is 26.4 Å². The number of amides is 3. The minimum atomic E-state index is 0. The minimum Gasteiger partial charge on any atom is -0.377 e. The molecule has 1 heterocycles. The second kappa shape index (κ2) is 24.2. The number of hydrogen-bond acceptors (Lipinski definition) is 5. The highest BCUT2D eigenvalue weighted by Crippen LogP contribution is 2.31. The Balaban J connectivity index is 0.000000436. The maximum atomic E-state index is 12.3. The zero-order valence-electron chi connectivity index (χ0n) is 32.1. The zero-order chi connectivity index (χ0) is 36.3. The van der Waals surface area contributed by atoms with Crippen molar-refractivity contribution >= 4 is 52.8 Å². The third kappa shape index (κ3) is 14.8. The molecule has 3 amide bonds. The molecule has 0 aliphatic carbocycles. The van der Waals surface area contributed by atoms with Crippen molar-refractivity contribution in [3.05, 3.63) is 60.2 Å². The lowest BCUT2D eigenvalue weighted by atomic mass is 9.76. The van der Waals surface area contributed by atoms with Gasteiger partial charge in [0.1, 0.15) is 0 Å². The van der Waals surface area contributed by atoms with Crippen LogP contribution in [0, 0.1) is 17.8 Å². The van der Waals surface area contributed by atoms with Gasteiger partial charge in [-0.25, -0.2) is 0 Å². The molecular formula is C42H65N3O5S. The summed E-state index contributed by atoms with van der Waals surface area (Å²) in [7, 11) is 1.82. The molecule has 0 saturated carbocycles. The first-order valence-electron chi connectivity index (χ1n) is 19.0. The Hall–Kier alpha value is -3.14. The molecule has 1 aliphatic rings. The van der Waals surface area contributed by atoms with Gasteiger partial charge in [-0.3, -0.25) is 14.4 Å². The standard InChI is InChI=1S/C26H49N3O5.C16H14.H2S/c1-6-7-11-24(30)27-13-15-33-17-18-34-16-14-29(5)25(31)12-9-8-10-20(2)23-19-21(3)26(32)28-22(23)4;1-2-14-15-9-5-3-7-12(15)11-13-8-4-6-10-16(13)14;/h20-23H,6-19H2,1-5H3,(H,27,30)(H,28,32);3-11H,2H2,1H3;1H2. The predicted octanol–water partition coefficient (Wildman–Crippen LogP) is 7.81. The van der Waals surface area contributed by atoms with Crippen molar-refractivity contribution in [3.8, 4) is 0 Å². The summed E-state index contributed by atoms with van der Waals surface area (Å²) in [4.78, 5) is 37.3. The number of ether oxygens (including phenoxy) is 2. The van der Waals surface area contributed by atoms with Crippen LogP contribution in [-0.2, 0) is 30.3 Å². The Labute approximate surface area is 314 Å². The van der Waals surface area contributed by atoms with Crippen LogP contribution < -0.4 is 10.6 Å². The van der Waals surface area contributed by atoms with Crippen molar-refractivity contribution in [2.45, 2.75) is 98.4 Å². The SMILES string of the molecule is CCCCC(=O)NCCOCCOCCN(C)C(=O)CCCCC(C)C1CC(C)C(=O)NC1C.CCc1c2ccccc2cc2ccccc12.S.